The van der Waals surface area contributed by atoms with Gasteiger partial charge in [0.05, 0.1) is 12.8 Å². The summed E-state index contributed by atoms with van der Waals surface area (Å²) in [6.07, 6.45) is 0. The second-order valence-corrected chi connectivity index (χ2v) is 5.55. The summed E-state index contributed by atoms with van der Waals surface area (Å²) in [6, 6.07) is 4.18. The average Bonchev–Trinajstić information content (AvgIpc) is 2.71. The predicted octanol–water partition coefficient (Wildman–Crippen LogP) is 3.02. The van der Waals surface area contributed by atoms with Crippen molar-refractivity contribution in [3.63, 3.8) is 0 Å². The largest absolute Gasteiger partial charge is 0.481 e. The fraction of sp³-hybridized carbons (Fsp3) is 0.412. The second-order valence-electron chi connectivity index (χ2n) is 5.55. The Bertz CT molecular complexity index is 694. The molecule has 1 heterocycles. The van der Waals surface area contributed by atoms with E-state index in [9.17, 15) is 4.79 Å². The smallest absolute Gasteiger partial charge is 0.345 e. The molecule has 5 heteroatoms. The van der Waals surface area contributed by atoms with Gasteiger partial charge in [0.15, 0.2) is 0 Å². The number of ether oxygens (including phenoxy) is 2. The molecule has 0 atom stereocenters. The fourth-order valence-electron chi connectivity index (χ4n) is 2.75. The molecule has 2 aromatic rings. The van der Waals surface area contributed by atoms with Gasteiger partial charge in [-0.3, -0.25) is 0 Å². The highest BCUT2D eigenvalue weighted by Gasteiger charge is 2.23. The van der Waals surface area contributed by atoms with Crippen molar-refractivity contribution in [2.24, 2.45) is 7.05 Å². The number of rotatable bonds is 4. The Hall–Kier alpha value is -2.30. The monoisotopic (exact) mass is 302 g/mol. The van der Waals surface area contributed by atoms with Gasteiger partial charge < -0.3 is 9.47 Å². The van der Waals surface area contributed by atoms with Gasteiger partial charge in [0.25, 0.3) is 0 Å². The molecule has 0 aliphatic heterocycles. The van der Waals surface area contributed by atoms with Crippen LogP contribution in [0.5, 0.6) is 5.88 Å². The fourth-order valence-corrected chi connectivity index (χ4v) is 2.75. The zero-order valence-electron chi connectivity index (χ0n) is 14.0. The van der Waals surface area contributed by atoms with Crippen molar-refractivity contribution in [2.45, 2.75) is 34.3 Å². The molecule has 5 nitrogen and oxygen atoms in total. The molecular weight excluding hydrogens is 280 g/mol. The third-order valence-electron chi connectivity index (χ3n) is 3.76. The molecule has 0 aliphatic carbocycles. The minimum absolute atomic E-state index is 0.244. The van der Waals surface area contributed by atoms with Crippen LogP contribution in [0, 0.1) is 27.7 Å². The standard InChI is InChI=1S/C17H22N2O3/c1-10-7-11(2)14(12(3)8-10)9-22-17(20)15-13(4)18-19(5)16(15)21-6/h7-8H,9H2,1-6H3. The van der Waals surface area contributed by atoms with Gasteiger partial charge in [-0.1, -0.05) is 17.7 Å². The highest BCUT2D eigenvalue weighted by molar-refractivity contribution is 5.93. The van der Waals surface area contributed by atoms with Crippen LogP contribution in [0.4, 0.5) is 0 Å². The molecule has 2 rings (SSSR count). The molecule has 0 spiro atoms. The molecule has 0 saturated carbocycles. The first-order valence-corrected chi connectivity index (χ1v) is 7.16. The number of carbonyl (C=O) groups excluding carboxylic acids is 1. The Morgan fingerprint density at radius 1 is 1.18 bits per heavy atom. The van der Waals surface area contributed by atoms with Gasteiger partial charge in [0, 0.05) is 7.05 Å². The van der Waals surface area contributed by atoms with Crippen LogP contribution in [0.2, 0.25) is 0 Å². The molecule has 118 valence electrons. The van der Waals surface area contributed by atoms with Crippen molar-refractivity contribution in [3.05, 3.63) is 45.6 Å². The summed E-state index contributed by atoms with van der Waals surface area (Å²) in [5, 5.41) is 4.20. The third-order valence-corrected chi connectivity index (χ3v) is 3.76. The Labute approximate surface area is 130 Å². The molecule has 0 unspecified atom stereocenters. The first kappa shape index (κ1) is 16.1. The average molecular weight is 302 g/mol. The Morgan fingerprint density at radius 3 is 2.32 bits per heavy atom. The van der Waals surface area contributed by atoms with E-state index in [2.05, 4.69) is 24.2 Å². The first-order chi connectivity index (χ1) is 10.3. The normalized spacial score (nSPS) is 10.6. The highest BCUT2D eigenvalue weighted by atomic mass is 16.5. The molecule has 0 fully saturated rings. The van der Waals surface area contributed by atoms with Crippen molar-refractivity contribution in [3.8, 4) is 5.88 Å². The van der Waals surface area contributed by atoms with Crippen LogP contribution < -0.4 is 4.74 Å². The van der Waals surface area contributed by atoms with Crippen LogP contribution in [0.15, 0.2) is 12.1 Å². The van der Waals surface area contributed by atoms with Crippen LogP contribution in [0.25, 0.3) is 0 Å². The van der Waals surface area contributed by atoms with E-state index in [1.54, 1.807) is 14.0 Å². The van der Waals surface area contributed by atoms with Gasteiger partial charge >= 0.3 is 5.97 Å². The molecule has 0 bridgehead atoms. The quantitative estimate of drug-likeness (QED) is 0.815. The predicted molar refractivity (Wildman–Crippen MR) is 84.3 cm³/mol. The maximum atomic E-state index is 12.4. The Morgan fingerprint density at radius 2 is 1.77 bits per heavy atom. The summed E-state index contributed by atoms with van der Waals surface area (Å²) in [7, 11) is 3.25. The van der Waals surface area contributed by atoms with Gasteiger partial charge in [-0.05, 0) is 44.4 Å². The van der Waals surface area contributed by atoms with Gasteiger partial charge in [-0.25, -0.2) is 9.48 Å². The van der Waals surface area contributed by atoms with Crippen molar-refractivity contribution in [1.82, 2.24) is 9.78 Å². The number of carbonyl (C=O) groups is 1. The summed E-state index contributed by atoms with van der Waals surface area (Å²) in [6.45, 7) is 8.12. The zero-order chi connectivity index (χ0) is 16.4. The van der Waals surface area contributed by atoms with E-state index in [-0.39, 0.29) is 6.61 Å². The summed E-state index contributed by atoms with van der Waals surface area (Å²) in [5.74, 6) is 0.00155. The Balaban J connectivity index is 2.21. The summed E-state index contributed by atoms with van der Waals surface area (Å²) in [4.78, 5) is 12.4. The second kappa shape index (κ2) is 6.22. The molecule has 0 aliphatic rings. The minimum atomic E-state index is -0.415. The molecule has 1 aromatic heterocycles. The number of hydrogen-bond donors (Lipinski definition) is 0. The first-order valence-electron chi connectivity index (χ1n) is 7.16. The van der Waals surface area contributed by atoms with Crippen molar-refractivity contribution in [1.29, 1.82) is 0 Å². The molecule has 22 heavy (non-hydrogen) atoms. The number of hydrogen-bond acceptors (Lipinski definition) is 4. The summed E-state index contributed by atoms with van der Waals surface area (Å²) < 4.78 is 12.2. The summed E-state index contributed by atoms with van der Waals surface area (Å²) >= 11 is 0. The van der Waals surface area contributed by atoms with E-state index in [4.69, 9.17) is 9.47 Å². The molecule has 0 amide bonds. The SMILES string of the molecule is COc1c(C(=O)OCc2c(C)cc(C)cc2C)c(C)nn1C. The molecule has 0 saturated heterocycles. The van der Waals surface area contributed by atoms with Crippen LogP contribution >= 0.6 is 0 Å². The van der Waals surface area contributed by atoms with Gasteiger partial charge in [-0.2, -0.15) is 5.10 Å². The summed E-state index contributed by atoms with van der Waals surface area (Å²) in [5.41, 5.74) is 5.48. The van der Waals surface area contributed by atoms with E-state index < -0.39 is 5.97 Å². The number of methoxy groups -OCH3 is 1. The van der Waals surface area contributed by atoms with Crippen molar-refractivity contribution >= 4 is 5.97 Å². The van der Waals surface area contributed by atoms with Gasteiger partial charge in [0.2, 0.25) is 5.88 Å². The van der Waals surface area contributed by atoms with Crippen LogP contribution in [0.1, 0.15) is 38.3 Å². The van der Waals surface area contributed by atoms with E-state index in [1.807, 2.05) is 13.8 Å². The van der Waals surface area contributed by atoms with E-state index >= 15 is 0 Å². The number of benzene rings is 1. The number of esters is 1. The Kier molecular flexibility index (Phi) is 4.54. The maximum absolute atomic E-state index is 12.4. The molecular formula is C17H22N2O3. The topological polar surface area (TPSA) is 53.4 Å². The number of aromatic nitrogens is 2. The van der Waals surface area contributed by atoms with Crippen LogP contribution in [-0.4, -0.2) is 22.9 Å². The lowest BCUT2D eigenvalue weighted by Gasteiger charge is -2.12. The maximum Gasteiger partial charge on any atom is 0.345 e. The lowest BCUT2D eigenvalue weighted by atomic mass is 10.0. The number of aryl methyl sites for hydroxylation is 5. The van der Waals surface area contributed by atoms with Crippen LogP contribution in [-0.2, 0) is 18.4 Å². The van der Waals surface area contributed by atoms with E-state index in [1.165, 1.54) is 17.4 Å². The lowest BCUT2D eigenvalue weighted by molar-refractivity contribution is 0.0466. The van der Waals surface area contributed by atoms with Crippen molar-refractivity contribution < 1.29 is 14.3 Å². The third kappa shape index (κ3) is 2.98. The zero-order valence-corrected chi connectivity index (χ0v) is 14.0. The van der Waals surface area contributed by atoms with Gasteiger partial charge in [0.1, 0.15) is 12.2 Å². The highest BCUT2D eigenvalue weighted by Crippen LogP contribution is 2.23. The number of nitrogens with zero attached hydrogens (tertiary/aromatic N) is 2. The van der Waals surface area contributed by atoms with Crippen LogP contribution in [0.3, 0.4) is 0 Å². The lowest BCUT2D eigenvalue weighted by Crippen LogP contribution is -2.09. The van der Waals surface area contributed by atoms with E-state index in [0.29, 0.717) is 17.1 Å². The molecule has 0 radical (unpaired) electrons. The molecule has 0 N–H and O–H groups in total. The van der Waals surface area contributed by atoms with Gasteiger partial charge in [-0.15, -0.1) is 0 Å². The van der Waals surface area contributed by atoms with E-state index in [0.717, 1.165) is 16.7 Å². The molecule has 1 aromatic carbocycles. The van der Waals surface area contributed by atoms with Crippen molar-refractivity contribution in [2.75, 3.05) is 7.11 Å². The minimum Gasteiger partial charge on any atom is -0.481 e.